The lowest BCUT2D eigenvalue weighted by molar-refractivity contribution is -0.122. The second kappa shape index (κ2) is 6.69. The number of hydrogen-bond acceptors (Lipinski definition) is 5. The second-order valence-electron chi connectivity index (χ2n) is 4.82. The average molecular weight is 309 g/mol. The molecule has 0 saturated heterocycles. The Balaban J connectivity index is 1.61. The number of nitrogens with one attached hydrogen (secondary N) is 1. The summed E-state index contributed by atoms with van der Waals surface area (Å²) in [5.41, 5.74) is 1.54. The van der Waals surface area contributed by atoms with Crippen molar-refractivity contribution in [3.05, 3.63) is 61.4 Å². The van der Waals surface area contributed by atoms with Gasteiger partial charge in [0, 0.05) is 11.9 Å². The van der Waals surface area contributed by atoms with Crippen LogP contribution in [0.3, 0.4) is 0 Å². The summed E-state index contributed by atoms with van der Waals surface area (Å²) >= 11 is 0. The normalized spacial score (nSPS) is 11.7. The summed E-state index contributed by atoms with van der Waals surface area (Å²) in [6.45, 7) is 1.69. The predicted molar refractivity (Wildman–Crippen MR) is 84.3 cm³/mol. The summed E-state index contributed by atoms with van der Waals surface area (Å²) in [5.74, 6) is 0.319. The third-order valence-electron chi connectivity index (χ3n) is 3.13. The number of pyridine rings is 1. The van der Waals surface area contributed by atoms with Crippen LogP contribution < -0.4 is 10.1 Å². The Morgan fingerprint density at radius 3 is 2.70 bits per heavy atom. The molecule has 7 heteroatoms. The van der Waals surface area contributed by atoms with Gasteiger partial charge in [0.05, 0.1) is 11.9 Å². The molecular formula is C16H15N5O2. The van der Waals surface area contributed by atoms with Gasteiger partial charge in [-0.3, -0.25) is 9.78 Å². The van der Waals surface area contributed by atoms with E-state index in [1.807, 2.05) is 12.1 Å². The van der Waals surface area contributed by atoms with Gasteiger partial charge in [-0.05, 0) is 43.3 Å². The molecule has 2 heterocycles. The fraction of sp³-hybridized carbons (Fsp3) is 0.125. The number of aromatic nitrogens is 4. The second-order valence-corrected chi connectivity index (χ2v) is 4.82. The number of carbonyl (C=O) groups is 1. The van der Waals surface area contributed by atoms with Gasteiger partial charge in [-0.1, -0.05) is 0 Å². The third kappa shape index (κ3) is 3.70. The fourth-order valence-electron chi connectivity index (χ4n) is 1.96. The van der Waals surface area contributed by atoms with Gasteiger partial charge in [0.1, 0.15) is 18.4 Å². The Bertz CT molecular complexity index is 757. The summed E-state index contributed by atoms with van der Waals surface area (Å²) in [5, 5.41) is 6.85. The monoisotopic (exact) mass is 309 g/mol. The number of benzene rings is 1. The van der Waals surface area contributed by atoms with Crippen LogP contribution in [0.4, 0.5) is 5.69 Å². The Hall–Kier alpha value is -3.22. The minimum atomic E-state index is -0.630. The van der Waals surface area contributed by atoms with E-state index >= 15 is 0 Å². The van der Waals surface area contributed by atoms with E-state index < -0.39 is 6.10 Å². The third-order valence-corrected chi connectivity index (χ3v) is 3.13. The van der Waals surface area contributed by atoms with E-state index in [1.54, 1.807) is 54.6 Å². The molecule has 2 aromatic heterocycles. The first kappa shape index (κ1) is 14.7. The van der Waals surface area contributed by atoms with Crippen molar-refractivity contribution in [3.63, 3.8) is 0 Å². The zero-order chi connectivity index (χ0) is 16.1. The number of rotatable bonds is 5. The smallest absolute Gasteiger partial charge is 0.265 e. The van der Waals surface area contributed by atoms with Gasteiger partial charge in [-0.15, -0.1) is 0 Å². The molecule has 7 nitrogen and oxygen atoms in total. The molecule has 0 unspecified atom stereocenters. The van der Waals surface area contributed by atoms with Gasteiger partial charge in [0.2, 0.25) is 0 Å². The highest BCUT2D eigenvalue weighted by Gasteiger charge is 2.14. The van der Waals surface area contributed by atoms with Crippen molar-refractivity contribution in [2.24, 2.45) is 0 Å². The molecule has 0 aliphatic heterocycles. The van der Waals surface area contributed by atoms with Gasteiger partial charge in [0.15, 0.2) is 6.10 Å². The SMILES string of the molecule is C[C@H](Oc1cccnc1)C(=O)Nc1ccc(-n2cncn2)cc1. The van der Waals surface area contributed by atoms with Crippen molar-refractivity contribution in [1.29, 1.82) is 0 Å². The minimum Gasteiger partial charge on any atom is -0.479 e. The summed E-state index contributed by atoms with van der Waals surface area (Å²) in [7, 11) is 0. The lowest BCUT2D eigenvalue weighted by atomic mass is 10.2. The molecule has 0 bridgehead atoms. The molecule has 0 saturated carbocycles. The molecule has 1 N–H and O–H groups in total. The number of ether oxygens (including phenoxy) is 1. The van der Waals surface area contributed by atoms with Crippen LogP contribution in [-0.4, -0.2) is 31.8 Å². The Kier molecular flexibility index (Phi) is 4.28. The topological polar surface area (TPSA) is 81.9 Å². The summed E-state index contributed by atoms with van der Waals surface area (Å²) in [4.78, 5) is 20.0. The summed E-state index contributed by atoms with van der Waals surface area (Å²) in [6.07, 6.45) is 5.66. The molecule has 1 aromatic carbocycles. The van der Waals surface area contributed by atoms with Crippen molar-refractivity contribution in [2.75, 3.05) is 5.32 Å². The molecule has 1 atom stereocenters. The first-order valence-electron chi connectivity index (χ1n) is 7.05. The summed E-state index contributed by atoms with van der Waals surface area (Å²) < 4.78 is 7.17. The van der Waals surface area contributed by atoms with Crippen LogP contribution in [0.15, 0.2) is 61.4 Å². The van der Waals surface area contributed by atoms with E-state index in [0.29, 0.717) is 11.4 Å². The van der Waals surface area contributed by atoms with Crippen molar-refractivity contribution >= 4 is 11.6 Å². The Morgan fingerprint density at radius 1 is 1.22 bits per heavy atom. The van der Waals surface area contributed by atoms with Gasteiger partial charge in [-0.2, -0.15) is 5.10 Å². The van der Waals surface area contributed by atoms with Gasteiger partial charge < -0.3 is 10.1 Å². The van der Waals surface area contributed by atoms with Gasteiger partial charge in [0.25, 0.3) is 5.91 Å². The molecule has 3 rings (SSSR count). The molecule has 0 fully saturated rings. The zero-order valence-corrected chi connectivity index (χ0v) is 12.5. The first-order valence-corrected chi connectivity index (χ1v) is 7.05. The van der Waals surface area contributed by atoms with Crippen molar-refractivity contribution in [3.8, 4) is 11.4 Å². The van der Waals surface area contributed by atoms with Crippen LogP contribution in [0.2, 0.25) is 0 Å². The number of amides is 1. The van der Waals surface area contributed by atoms with Crippen LogP contribution in [0, 0.1) is 0 Å². The molecule has 116 valence electrons. The van der Waals surface area contributed by atoms with E-state index in [4.69, 9.17) is 4.74 Å². The van der Waals surface area contributed by atoms with E-state index in [0.717, 1.165) is 5.69 Å². The van der Waals surface area contributed by atoms with E-state index in [9.17, 15) is 4.79 Å². The lowest BCUT2D eigenvalue weighted by Gasteiger charge is -2.14. The summed E-state index contributed by atoms with van der Waals surface area (Å²) in [6, 6.07) is 10.8. The molecule has 23 heavy (non-hydrogen) atoms. The van der Waals surface area contributed by atoms with Crippen LogP contribution in [-0.2, 0) is 4.79 Å². The fourth-order valence-corrected chi connectivity index (χ4v) is 1.96. The van der Waals surface area contributed by atoms with Crippen LogP contribution in [0.25, 0.3) is 5.69 Å². The van der Waals surface area contributed by atoms with E-state index in [2.05, 4.69) is 20.4 Å². The predicted octanol–water partition coefficient (Wildman–Crippen LogP) is 2.07. The van der Waals surface area contributed by atoms with Crippen molar-refractivity contribution in [1.82, 2.24) is 19.7 Å². The van der Waals surface area contributed by atoms with Crippen molar-refractivity contribution in [2.45, 2.75) is 13.0 Å². The van der Waals surface area contributed by atoms with Crippen LogP contribution in [0.1, 0.15) is 6.92 Å². The van der Waals surface area contributed by atoms with Crippen molar-refractivity contribution < 1.29 is 9.53 Å². The van der Waals surface area contributed by atoms with E-state index in [1.165, 1.54) is 6.33 Å². The minimum absolute atomic E-state index is 0.234. The van der Waals surface area contributed by atoms with Gasteiger partial charge in [-0.25, -0.2) is 9.67 Å². The number of hydrogen-bond donors (Lipinski definition) is 1. The molecule has 0 radical (unpaired) electrons. The highest BCUT2D eigenvalue weighted by Crippen LogP contribution is 2.14. The Morgan fingerprint density at radius 2 is 2.04 bits per heavy atom. The Labute approximate surface area is 133 Å². The van der Waals surface area contributed by atoms with Crippen LogP contribution >= 0.6 is 0 Å². The highest BCUT2D eigenvalue weighted by molar-refractivity contribution is 5.94. The molecule has 0 aliphatic carbocycles. The average Bonchev–Trinajstić information content (AvgIpc) is 3.11. The van der Waals surface area contributed by atoms with Gasteiger partial charge >= 0.3 is 0 Å². The largest absolute Gasteiger partial charge is 0.479 e. The molecular weight excluding hydrogens is 294 g/mol. The quantitative estimate of drug-likeness (QED) is 0.780. The lowest BCUT2D eigenvalue weighted by Crippen LogP contribution is -2.30. The maximum Gasteiger partial charge on any atom is 0.265 e. The first-order chi connectivity index (χ1) is 11.2. The van der Waals surface area contributed by atoms with E-state index in [-0.39, 0.29) is 5.91 Å². The van der Waals surface area contributed by atoms with Crippen LogP contribution in [0.5, 0.6) is 5.75 Å². The highest BCUT2D eigenvalue weighted by atomic mass is 16.5. The molecule has 0 aliphatic rings. The standard InChI is InChI=1S/C16H15N5O2/c1-12(23-15-3-2-8-17-9-15)16(22)20-13-4-6-14(7-5-13)21-11-18-10-19-21/h2-12H,1H3,(H,20,22)/t12-/m0/s1. The number of nitrogens with zero attached hydrogens (tertiary/aromatic N) is 4. The zero-order valence-electron chi connectivity index (χ0n) is 12.5. The maximum absolute atomic E-state index is 12.1. The number of carbonyl (C=O) groups excluding carboxylic acids is 1. The maximum atomic E-state index is 12.1. The molecule has 1 amide bonds. The molecule has 0 spiro atoms. The molecule has 3 aromatic rings. The number of anilines is 1.